The lowest BCUT2D eigenvalue weighted by Crippen LogP contribution is -2.63. The largest absolute Gasteiger partial charge is 0.389 e. The number of amides is 1. The summed E-state index contributed by atoms with van der Waals surface area (Å²) < 4.78 is 2.15. The van der Waals surface area contributed by atoms with E-state index in [4.69, 9.17) is 9.97 Å². The van der Waals surface area contributed by atoms with Gasteiger partial charge in [0.15, 0.2) is 10.1 Å². The number of rotatable bonds is 6. The van der Waals surface area contributed by atoms with Crippen molar-refractivity contribution in [3.05, 3.63) is 46.6 Å². The summed E-state index contributed by atoms with van der Waals surface area (Å²) in [4.78, 5) is 32.2. The Balaban J connectivity index is 1.03. The number of carbonyl (C=O) groups excluding carboxylic acids is 1. The zero-order valence-electron chi connectivity index (χ0n) is 24.1. The van der Waals surface area contributed by atoms with Gasteiger partial charge in [0.2, 0.25) is 5.91 Å². The van der Waals surface area contributed by atoms with Gasteiger partial charge in [0.05, 0.1) is 18.3 Å². The fourth-order valence-electron chi connectivity index (χ4n) is 6.49. The monoisotopic (exact) mass is 602 g/mol. The number of β-amino-alcohol motifs (C(OH)–C–C–N with tert-alkyl or cyclic N) is 1. The van der Waals surface area contributed by atoms with Crippen molar-refractivity contribution in [1.82, 2.24) is 24.2 Å². The number of aryl methyl sites for hydroxylation is 2. The Morgan fingerprint density at radius 3 is 2.52 bits per heavy atom. The Hall–Kier alpha value is -3.50. The molecular weight excluding hydrogens is 569 g/mol. The molecule has 0 aliphatic carbocycles. The number of imidazole rings is 1. The number of benzene rings is 1. The van der Waals surface area contributed by atoms with Gasteiger partial charge in [-0.15, -0.1) is 0 Å². The van der Waals surface area contributed by atoms with Gasteiger partial charge in [0, 0.05) is 58.1 Å². The highest BCUT2D eigenvalue weighted by Gasteiger charge is 2.46. The molecule has 0 bridgehead atoms. The summed E-state index contributed by atoms with van der Waals surface area (Å²) in [7, 11) is 1.99. The van der Waals surface area contributed by atoms with Crippen molar-refractivity contribution in [2.75, 3.05) is 62.7 Å². The second-order valence-electron chi connectivity index (χ2n) is 12.0. The Labute approximate surface area is 253 Å². The number of carbonyl (C=O) groups is 1. The Morgan fingerprint density at radius 1 is 1.14 bits per heavy atom. The second kappa shape index (κ2) is 10.3. The van der Waals surface area contributed by atoms with E-state index in [1.807, 2.05) is 50.1 Å². The van der Waals surface area contributed by atoms with E-state index < -0.39 is 0 Å². The summed E-state index contributed by atoms with van der Waals surface area (Å²) in [5.74, 6) is 1.10. The number of likely N-dealkylation sites (tertiary alicyclic amines) is 2. The second-order valence-corrected chi connectivity index (χ2v) is 14.0. The van der Waals surface area contributed by atoms with Crippen molar-refractivity contribution in [2.24, 2.45) is 5.41 Å². The van der Waals surface area contributed by atoms with Crippen LogP contribution in [0.1, 0.15) is 29.0 Å². The number of aliphatic hydroxyl groups is 1. The first kappa shape index (κ1) is 27.3. The quantitative estimate of drug-likeness (QED) is 0.355. The number of fused-ring (bicyclic) bond motifs is 1. The Morgan fingerprint density at radius 2 is 1.86 bits per heavy atom. The van der Waals surface area contributed by atoms with Gasteiger partial charge in [-0.25, -0.2) is 9.97 Å². The van der Waals surface area contributed by atoms with Crippen molar-refractivity contribution in [2.45, 2.75) is 32.8 Å². The van der Waals surface area contributed by atoms with E-state index in [1.54, 1.807) is 16.2 Å². The smallest absolute Gasteiger partial charge is 0.236 e. The topological polar surface area (TPSA) is 104 Å². The fraction of sp³-hybridized carbons (Fsp3) is 0.467. The molecule has 1 N–H and O–H groups in total. The Kier molecular flexibility index (Phi) is 6.73. The van der Waals surface area contributed by atoms with Crippen LogP contribution in [-0.2, 0) is 4.79 Å². The van der Waals surface area contributed by atoms with Gasteiger partial charge in [0.25, 0.3) is 0 Å². The molecule has 6 heterocycles. The number of aromatic nitrogens is 3. The molecule has 1 spiro atoms. The number of anilines is 3. The maximum atomic E-state index is 12.4. The minimum absolute atomic E-state index is 0.138. The van der Waals surface area contributed by atoms with E-state index in [9.17, 15) is 15.2 Å². The van der Waals surface area contributed by atoms with Crippen LogP contribution in [0.15, 0.2) is 30.5 Å². The van der Waals surface area contributed by atoms with Crippen molar-refractivity contribution in [1.29, 1.82) is 5.26 Å². The lowest BCUT2D eigenvalue weighted by atomic mass is 9.72. The van der Waals surface area contributed by atoms with Gasteiger partial charge < -0.3 is 19.8 Å². The highest BCUT2D eigenvalue weighted by molar-refractivity contribution is 7.21. The minimum atomic E-state index is -0.345. The van der Waals surface area contributed by atoms with E-state index in [-0.39, 0.29) is 12.0 Å². The van der Waals surface area contributed by atoms with Crippen LogP contribution in [0.5, 0.6) is 0 Å². The van der Waals surface area contributed by atoms with E-state index in [0.717, 1.165) is 66.2 Å². The molecule has 12 heteroatoms. The van der Waals surface area contributed by atoms with Gasteiger partial charge in [0.1, 0.15) is 27.5 Å². The zero-order valence-corrected chi connectivity index (χ0v) is 25.7. The molecule has 3 aliphatic rings. The molecule has 0 radical (unpaired) electrons. The average Bonchev–Trinajstić information content (AvgIpc) is 3.63. The van der Waals surface area contributed by atoms with E-state index in [1.165, 1.54) is 21.9 Å². The molecule has 4 aromatic rings. The van der Waals surface area contributed by atoms with Crippen LogP contribution in [0.4, 0.5) is 16.0 Å². The van der Waals surface area contributed by atoms with Crippen LogP contribution in [0, 0.1) is 30.6 Å². The molecule has 1 aromatic carbocycles. The highest BCUT2D eigenvalue weighted by atomic mass is 32.1. The molecule has 10 nitrogen and oxygen atoms in total. The predicted molar refractivity (Wildman–Crippen MR) is 166 cm³/mol. The molecule has 3 saturated heterocycles. The molecule has 3 aromatic heterocycles. The third-order valence-corrected chi connectivity index (χ3v) is 11.0. The van der Waals surface area contributed by atoms with Gasteiger partial charge in [-0.05, 0) is 32.1 Å². The summed E-state index contributed by atoms with van der Waals surface area (Å²) >= 11 is 3.11. The van der Waals surface area contributed by atoms with Gasteiger partial charge >= 0.3 is 0 Å². The molecule has 218 valence electrons. The molecule has 0 unspecified atom stereocenters. The third kappa shape index (κ3) is 4.74. The molecule has 0 saturated carbocycles. The highest BCUT2D eigenvalue weighted by Crippen LogP contribution is 2.43. The van der Waals surface area contributed by atoms with Crippen molar-refractivity contribution >= 4 is 49.5 Å². The van der Waals surface area contributed by atoms with E-state index >= 15 is 0 Å². The maximum absolute atomic E-state index is 12.4. The van der Waals surface area contributed by atoms with E-state index in [2.05, 4.69) is 26.5 Å². The van der Waals surface area contributed by atoms with Crippen LogP contribution in [-0.4, -0.2) is 94.1 Å². The van der Waals surface area contributed by atoms with Gasteiger partial charge in [-0.2, -0.15) is 5.26 Å². The molecule has 3 aliphatic heterocycles. The first-order chi connectivity index (χ1) is 20.2. The number of piperidine rings is 1. The summed E-state index contributed by atoms with van der Waals surface area (Å²) in [5, 5.41) is 21.3. The normalized spacial score (nSPS) is 18.7. The van der Waals surface area contributed by atoms with Crippen molar-refractivity contribution in [3.63, 3.8) is 0 Å². The van der Waals surface area contributed by atoms with Crippen LogP contribution in [0.3, 0.4) is 0 Å². The predicted octanol–water partition coefficient (Wildman–Crippen LogP) is 3.88. The number of nitrogens with zero attached hydrogens (tertiary/aromatic N) is 8. The summed E-state index contributed by atoms with van der Waals surface area (Å²) in [6.07, 6.45) is 4.08. The first-order valence-electron chi connectivity index (χ1n) is 14.4. The van der Waals surface area contributed by atoms with Crippen LogP contribution >= 0.6 is 22.7 Å². The zero-order chi connectivity index (χ0) is 29.2. The lowest BCUT2D eigenvalue weighted by Gasteiger charge is -2.54. The van der Waals surface area contributed by atoms with Crippen LogP contribution in [0.2, 0.25) is 0 Å². The summed E-state index contributed by atoms with van der Waals surface area (Å²) in [6.45, 7) is 9.44. The Bertz CT molecular complexity index is 1680. The molecule has 3 fully saturated rings. The minimum Gasteiger partial charge on any atom is -0.389 e. The number of aliphatic hydroxyl groups excluding tert-OH is 1. The number of thiazole rings is 2. The molecule has 42 heavy (non-hydrogen) atoms. The summed E-state index contributed by atoms with van der Waals surface area (Å²) in [5.41, 5.74) is 4.07. The molecule has 1 amide bonds. The lowest BCUT2D eigenvalue weighted by molar-refractivity contribution is -0.146. The molecule has 0 atom stereocenters. The summed E-state index contributed by atoms with van der Waals surface area (Å²) in [6, 6.07) is 10.5. The first-order valence-corrected chi connectivity index (χ1v) is 16.0. The standard InChI is InChI=1S/C30H34N8O2S2/c1-19-4-6-21(7-5-19)26-23(12-31)41-28(33-26)34(3)27-20(2)32-29-38(27)16-25(42-29)36-10-8-30(9-11-36)17-35(18-30)15-24(40)37-13-22(39)14-37/h4-7,16,22,39H,8-11,13-15,17-18H2,1-3H3. The average molecular weight is 603 g/mol. The molecular formula is C30H34N8O2S2. The number of hydrogen-bond donors (Lipinski definition) is 1. The number of hydrogen-bond acceptors (Lipinski definition) is 10. The third-order valence-electron chi connectivity index (χ3n) is 8.93. The van der Waals surface area contributed by atoms with Crippen LogP contribution < -0.4 is 9.80 Å². The van der Waals surface area contributed by atoms with Gasteiger partial charge in [-0.1, -0.05) is 52.5 Å². The number of nitriles is 1. The van der Waals surface area contributed by atoms with Crippen LogP contribution in [0.25, 0.3) is 16.2 Å². The maximum Gasteiger partial charge on any atom is 0.236 e. The SMILES string of the molecule is Cc1ccc(-c2nc(N(C)c3c(C)nc4sc(N5CCC6(CC5)CN(CC(=O)N5CC(O)C5)C6)cn34)sc2C#N)cc1. The van der Waals surface area contributed by atoms with Gasteiger partial charge in [-0.3, -0.25) is 14.1 Å². The fourth-order valence-corrected chi connectivity index (χ4v) is 8.41. The van der Waals surface area contributed by atoms with Crippen molar-refractivity contribution < 1.29 is 9.90 Å². The van der Waals surface area contributed by atoms with Crippen molar-refractivity contribution in [3.8, 4) is 17.3 Å². The molecule has 7 rings (SSSR count). The van der Waals surface area contributed by atoms with E-state index in [0.29, 0.717) is 35.6 Å².